The molecule has 1 heterocycles. The van der Waals surface area contributed by atoms with E-state index in [2.05, 4.69) is 21.0 Å². The minimum atomic E-state index is -0.944. The second kappa shape index (κ2) is 7.61. The molecule has 0 aliphatic carbocycles. The molecule has 1 aromatic heterocycles. The molecule has 0 spiro atoms. The molecule has 0 saturated heterocycles. The first-order chi connectivity index (χ1) is 11.4. The molecule has 24 heavy (non-hydrogen) atoms. The van der Waals surface area contributed by atoms with Crippen molar-refractivity contribution in [2.75, 3.05) is 0 Å². The highest BCUT2D eigenvalue weighted by molar-refractivity contribution is 9.10. The van der Waals surface area contributed by atoms with Gasteiger partial charge in [0.1, 0.15) is 5.92 Å². The van der Waals surface area contributed by atoms with Crippen molar-refractivity contribution in [2.45, 2.75) is 26.2 Å². The first-order valence-electron chi connectivity index (χ1n) is 7.19. The third-order valence-corrected chi connectivity index (χ3v) is 5.09. The van der Waals surface area contributed by atoms with Crippen molar-refractivity contribution in [2.24, 2.45) is 5.92 Å². The Balaban J connectivity index is 2.41. The Bertz CT molecular complexity index is 848. The quantitative estimate of drug-likeness (QED) is 0.755. The minimum absolute atomic E-state index is 0.0211. The Morgan fingerprint density at radius 2 is 1.96 bits per heavy atom. The van der Waals surface area contributed by atoms with Gasteiger partial charge in [-0.05, 0) is 25.5 Å². The van der Waals surface area contributed by atoms with Gasteiger partial charge in [0, 0.05) is 16.8 Å². The normalized spacial score (nSPS) is 11.8. The molecule has 0 fully saturated rings. The van der Waals surface area contributed by atoms with E-state index in [9.17, 15) is 15.3 Å². The van der Waals surface area contributed by atoms with Crippen molar-refractivity contribution in [3.63, 3.8) is 0 Å². The second-order valence-electron chi connectivity index (χ2n) is 5.36. The maximum absolute atomic E-state index is 12.7. The van der Waals surface area contributed by atoms with Crippen LogP contribution in [0.15, 0.2) is 28.7 Å². The second-order valence-corrected chi connectivity index (χ2v) is 6.59. The molecule has 0 radical (unpaired) electrons. The van der Waals surface area contributed by atoms with Gasteiger partial charge in [0.25, 0.3) is 0 Å². The van der Waals surface area contributed by atoms with Gasteiger partial charge in [-0.25, -0.2) is 4.68 Å². The van der Waals surface area contributed by atoms with Gasteiger partial charge in [0.15, 0.2) is 0 Å². The summed E-state index contributed by atoms with van der Waals surface area (Å²) >= 11 is 9.52. The molecule has 122 valence electrons. The monoisotopic (exact) mass is 404 g/mol. The Labute approximate surface area is 153 Å². The number of halogens is 2. The van der Waals surface area contributed by atoms with Gasteiger partial charge in [-0.15, -0.1) is 0 Å². The summed E-state index contributed by atoms with van der Waals surface area (Å²) in [6.45, 7) is 3.43. The van der Waals surface area contributed by atoms with Gasteiger partial charge in [-0.1, -0.05) is 45.7 Å². The molecular formula is C17H14BrClN4O. The van der Waals surface area contributed by atoms with Crippen LogP contribution < -0.4 is 0 Å². The number of hydrogen-bond donors (Lipinski definition) is 0. The third-order valence-electron chi connectivity index (χ3n) is 3.82. The van der Waals surface area contributed by atoms with Crippen LogP contribution in [0.1, 0.15) is 34.1 Å². The Kier molecular flexibility index (Phi) is 5.77. The number of aryl methyl sites for hydroxylation is 1. The summed E-state index contributed by atoms with van der Waals surface area (Å²) in [6, 6.07) is 11.2. The SMILES string of the molecule is Cc1nn(C(=O)CC(c2ccccc2Br)C(C#N)C#N)c(C)c1Cl. The lowest BCUT2D eigenvalue weighted by molar-refractivity contribution is 0.0871. The van der Waals surface area contributed by atoms with E-state index in [1.54, 1.807) is 19.9 Å². The average molecular weight is 406 g/mol. The summed E-state index contributed by atoms with van der Waals surface area (Å²) in [5.41, 5.74) is 1.86. The number of hydrogen-bond acceptors (Lipinski definition) is 4. The van der Waals surface area contributed by atoms with Crippen LogP contribution in [0.25, 0.3) is 0 Å². The lowest BCUT2D eigenvalue weighted by atomic mass is 9.85. The number of carbonyl (C=O) groups excluding carboxylic acids is 1. The highest BCUT2D eigenvalue weighted by Gasteiger charge is 2.29. The Morgan fingerprint density at radius 3 is 2.46 bits per heavy atom. The fourth-order valence-electron chi connectivity index (χ4n) is 2.53. The molecule has 5 nitrogen and oxygen atoms in total. The molecule has 0 saturated carbocycles. The molecule has 1 unspecified atom stereocenters. The molecule has 0 N–H and O–H groups in total. The van der Waals surface area contributed by atoms with E-state index in [0.717, 1.165) is 10.0 Å². The molecular weight excluding hydrogens is 392 g/mol. The smallest absolute Gasteiger partial charge is 0.247 e. The van der Waals surface area contributed by atoms with Crippen molar-refractivity contribution in [3.05, 3.63) is 50.7 Å². The van der Waals surface area contributed by atoms with Gasteiger partial charge >= 0.3 is 0 Å². The van der Waals surface area contributed by atoms with Crippen molar-refractivity contribution in [3.8, 4) is 12.1 Å². The molecule has 2 aromatic rings. The van der Waals surface area contributed by atoms with E-state index < -0.39 is 11.8 Å². The largest absolute Gasteiger partial charge is 0.273 e. The van der Waals surface area contributed by atoms with Crippen LogP contribution in [0, 0.1) is 42.4 Å². The van der Waals surface area contributed by atoms with Crippen molar-refractivity contribution in [1.29, 1.82) is 10.5 Å². The summed E-state index contributed by atoms with van der Waals surface area (Å²) in [7, 11) is 0. The van der Waals surface area contributed by atoms with E-state index in [4.69, 9.17) is 11.6 Å². The molecule has 0 aliphatic heterocycles. The van der Waals surface area contributed by atoms with E-state index in [-0.39, 0.29) is 12.3 Å². The van der Waals surface area contributed by atoms with Crippen LogP contribution in [0.5, 0.6) is 0 Å². The van der Waals surface area contributed by atoms with Gasteiger partial charge in [-0.3, -0.25) is 4.79 Å². The van der Waals surface area contributed by atoms with E-state index in [1.165, 1.54) is 4.68 Å². The van der Waals surface area contributed by atoms with Gasteiger partial charge in [-0.2, -0.15) is 15.6 Å². The van der Waals surface area contributed by atoms with E-state index in [0.29, 0.717) is 16.4 Å². The molecule has 2 rings (SSSR count). The van der Waals surface area contributed by atoms with Crippen molar-refractivity contribution in [1.82, 2.24) is 9.78 Å². The summed E-state index contributed by atoms with van der Waals surface area (Å²) < 4.78 is 2.00. The van der Waals surface area contributed by atoms with E-state index in [1.807, 2.05) is 30.3 Å². The van der Waals surface area contributed by atoms with Gasteiger partial charge < -0.3 is 0 Å². The van der Waals surface area contributed by atoms with Crippen LogP contribution >= 0.6 is 27.5 Å². The highest BCUT2D eigenvalue weighted by atomic mass is 79.9. The van der Waals surface area contributed by atoms with Gasteiger partial charge in [0.05, 0.1) is 28.5 Å². The van der Waals surface area contributed by atoms with Crippen LogP contribution in [0.4, 0.5) is 0 Å². The van der Waals surface area contributed by atoms with Crippen LogP contribution in [-0.4, -0.2) is 15.7 Å². The third kappa shape index (κ3) is 3.51. The fourth-order valence-corrected chi connectivity index (χ4v) is 3.23. The predicted molar refractivity (Wildman–Crippen MR) is 93.6 cm³/mol. The molecule has 1 aromatic carbocycles. The van der Waals surface area contributed by atoms with Crippen molar-refractivity contribution < 1.29 is 4.79 Å². The zero-order valence-electron chi connectivity index (χ0n) is 13.1. The van der Waals surface area contributed by atoms with Crippen LogP contribution in [0.3, 0.4) is 0 Å². The molecule has 1 atom stereocenters. The maximum atomic E-state index is 12.7. The molecule has 0 bridgehead atoms. The lowest BCUT2D eigenvalue weighted by Crippen LogP contribution is -2.21. The molecule has 0 amide bonds. The predicted octanol–water partition coefficient (Wildman–Crippen LogP) is 4.39. The number of benzene rings is 1. The van der Waals surface area contributed by atoms with Gasteiger partial charge in [0.2, 0.25) is 5.91 Å². The minimum Gasteiger partial charge on any atom is -0.273 e. The number of carbonyl (C=O) groups is 1. The lowest BCUT2D eigenvalue weighted by Gasteiger charge is -2.19. The topological polar surface area (TPSA) is 82.5 Å². The summed E-state index contributed by atoms with van der Waals surface area (Å²) in [5.74, 6) is -1.82. The Morgan fingerprint density at radius 1 is 1.33 bits per heavy atom. The van der Waals surface area contributed by atoms with Crippen LogP contribution in [0.2, 0.25) is 5.02 Å². The zero-order chi connectivity index (χ0) is 17.9. The Hall–Kier alpha value is -2.15. The maximum Gasteiger partial charge on any atom is 0.247 e. The van der Waals surface area contributed by atoms with Crippen molar-refractivity contribution >= 4 is 33.4 Å². The summed E-state index contributed by atoms with van der Waals surface area (Å²) in [6.07, 6.45) is -0.0211. The molecule has 7 heteroatoms. The average Bonchev–Trinajstić information content (AvgIpc) is 2.83. The first-order valence-corrected chi connectivity index (χ1v) is 8.36. The summed E-state index contributed by atoms with van der Waals surface area (Å²) in [4.78, 5) is 12.7. The number of rotatable bonds is 4. The zero-order valence-corrected chi connectivity index (χ0v) is 15.5. The number of nitrogens with zero attached hydrogens (tertiary/aromatic N) is 4. The van der Waals surface area contributed by atoms with E-state index >= 15 is 0 Å². The standard InChI is InChI=1S/C17H14BrClN4O/c1-10-17(19)11(2)23(22-10)16(24)7-14(12(8-20)9-21)13-5-3-4-6-15(13)18/h3-6,12,14H,7H2,1-2H3. The first kappa shape index (κ1) is 18.2. The summed E-state index contributed by atoms with van der Waals surface area (Å²) in [5, 5.41) is 23.2. The highest BCUT2D eigenvalue weighted by Crippen LogP contribution is 2.34. The fraction of sp³-hybridized carbons (Fsp3) is 0.294. The van der Waals surface area contributed by atoms with Crippen LogP contribution in [-0.2, 0) is 0 Å². The number of aromatic nitrogens is 2. The molecule has 0 aliphatic rings. The number of nitriles is 2.